The number of nitrogens with one attached hydrogen (secondary N) is 2. The Kier molecular flexibility index (Phi) is 8.77. The fraction of sp³-hybridized carbons (Fsp3) is 0.348. The number of carbonyl (C=O) groups is 2. The predicted octanol–water partition coefficient (Wildman–Crippen LogP) is 4.58. The smallest absolute Gasteiger partial charge is 0.261 e. The SMILES string of the molecule is CCCC(=O)N1CCN(c2ccc(NC(=S)NC(=O)c3cc(Cl)ccc3OC)cc2Cl)CC1. The Morgan fingerprint density at radius 2 is 1.82 bits per heavy atom. The van der Waals surface area contributed by atoms with Gasteiger partial charge in [0, 0.05) is 43.3 Å². The van der Waals surface area contributed by atoms with Crippen molar-refractivity contribution in [1.29, 1.82) is 0 Å². The summed E-state index contributed by atoms with van der Waals surface area (Å²) in [6.45, 7) is 4.81. The molecule has 0 bridgehead atoms. The average molecular weight is 509 g/mol. The van der Waals surface area contributed by atoms with Crippen molar-refractivity contribution in [2.45, 2.75) is 19.8 Å². The van der Waals surface area contributed by atoms with Crippen LogP contribution in [0.25, 0.3) is 0 Å². The molecule has 7 nitrogen and oxygen atoms in total. The molecule has 33 heavy (non-hydrogen) atoms. The van der Waals surface area contributed by atoms with Crippen LogP contribution in [-0.2, 0) is 4.79 Å². The van der Waals surface area contributed by atoms with Gasteiger partial charge in [0.2, 0.25) is 5.91 Å². The molecular formula is C23H26Cl2N4O3S. The van der Waals surface area contributed by atoms with Gasteiger partial charge in [-0.1, -0.05) is 30.1 Å². The first-order valence-corrected chi connectivity index (χ1v) is 11.8. The van der Waals surface area contributed by atoms with Crippen LogP contribution in [0.5, 0.6) is 5.75 Å². The standard InChI is InChI=1S/C23H26Cl2N4O3S/c1-3-4-21(30)29-11-9-28(10-12-29)19-7-6-16(14-18(19)25)26-23(33)27-22(31)17-13-15(24)5-8-20(17)32-2/h5-8,13-14H,3-4,9-12H2,1-2H3,(H2,26,27,31,33). The number of hydrogen-bond donors (Lipinski definition) is 2. The number of benzene rings is 2. The predicted molar refractivity (Wildman–Crippen MR) is 137 cm³/mol. The maximum Gasteiger partial charge on any atom is 0.261 e. The van der Waals surface area contributed by atoms with Crippen LogP contribution >= 0.6 is 35.4 Å². The highest BCUT2D eigenvalue weighted by molar-refractivity contribution is 7.80. The molecule has 1 aliphatic heterocycles. The average Bonchev–Trinajstić information content (AvgIpc) is 2.79. The van der Waals surface area contributed by atoms with Crippen molar-refractivity contribution in [3.63, 3.8) is 0 Å². The second-order valence-corrected chi connectivity index (χ2v) is 8.79. The molecule has 176 valence electrons. The number of ether oxygens (including phenoxy) is 1. The maximum absolute atomic E-state index is 12.6. The highest BCUT2D eigenvalue weighted by Gasteiger charge is 2.22. The van der Waals surface area contributed by atoms with Gasteiger partial charge in [0.05, 0.1) is 23.4 Å². The van der Waals surface area contributed by atoms with Crippen LogP contribution in [0.1, 0.15) is 30.1 Å². The molecule has 0 radical (unpaired) electrons. The largest absolute Gasteiger partial charge is 0.496 e. The molecule has 0 spiro atoms. The van der Waals surface area contributed by atoms with E-state index < -0.39 is 5.91 Å². The highest BCUT2D eigenvalue weighted by atomic mass is 35.5. The quantitative estimate of drug-likeness (QED) is 0.556. The fourth-order valence-electron chi connectivity index (χ4n) is 3.60. The van der Waals surface area contributed by atoms with E-state index in [9.17, 15) is 9.59 Å². The minimum Gasteiger partial charge on any atom is -0.496 e. The summed E-state index contributed by atoms with van der Waals surface area (Å²) in [6, 6.07) is 10.3. The van der Waals surface area contributed by atoms with Crippen molar-refractivity contribution in [1.82, 2.24) is 10.2 Å². The molecule has 1 aliphatic rings. The lowest BCUT2D eigenvalue weighted by atomic mass is 10.2. The summed E-state index contributed by atoms with van der Waals surface area (Å²) in [5.41, 5.74) is 1.81. The molecule has 1 saturated heterocycles. The highest BCUT2D eigenvalue weighted by Crippen LogP contribution is 2.30. The third-order valence-electron chi connectivity index (χ3n) is 5.28. The Hall–Kier alpha value is -2.55. The van der Waals surface area contributed by atoms with E-state index in [1.807, 2.05) is 24.0 Å². The van der Waals surface area contributed by atoms with Gasteiger partial charge >= 0.3 is 0 Å². The summed E-state index contributed by atoms with van der Waals surface area (Å²) in [4.78, 5) is 28.7. The van der Waals surface area contributed by atoms with Crippen LogP contribution in [0.4, 0.5) is 11.4 Å². The number of piperazine rings is 1. The van der Waals surface area contributed by atoms with Gasteiger partial charge in [-0.05, 0) is 55.0 Å². The number of rotatable bonds is 6. The van der Waals surface area contributed by atoms with Gasteiger partial charge in [-0.2, -0.15) is 0 Å². The number of amides is 2. The van der Waals surface area contributed by atoms with Gasteiger partial charge < -0.3 is 19.9 Å². The Bertz CT molecular complexity index is 1040. The van der Waals surface area contributed by atoms with E-state index in [1.54, 1.807) is 18.2 Å². The number of hydrogen-bond acceptors (Lipinski definition) is 5. The number of halogens is 2. The van der Waals surface area contributed by atoms with Crippen molar-refractivity contribution < 1.29 is 14.3 Å². The summed E-state index contributed by atoms with van der Waals surface area (Å²) in [5, 5.41) is 6.68. The lowest BCUT2D eigenvalue weighted by Crippen LogP contribution is -2.48. The molecule has 2 aromatic carbocycles. The molecule has 3 rings (SSSR count). The van der Waals surface area contributed by atoms with Gasteiger partial charge in [0.25, 0.3) is 5.91 Å². The first-order chi connectivity index (χ1) is 15.8. The zero-order valence-corrected chi connectivity index (χ0v) is 20.8. The van der Waals surface area contributed by atoms with Crippen LogP contribution in [-0.4, -0.2) is 55.1 Å². The number of methoxy groups -OCH3 is 1. The molecule has 0 unspecified atom stereocenters. The molecule has 10 heteroatoms. The molecule has 2 aromatic rings. The van der Waals surface area contributed by atoms with E-state index in [0.29, 0.717) is 41.0 Å². The Labute approximate surface area is 209 Å². The summed E-state index contributed by atoms with van der Waals surface area (Å²) >= 11 is 17.8. The van der Waals surface area contributed by atoms with E-state index in [4.69, 9.17) is 40.2 Å². The molecule has 2 N–H and O–H groups in total. The second-order valence-electron chi connectivity index (χ2n) is 7.54. The summed E-state index contributed by atoms with van der Waals surface area (Å²) in [7, 11) is 1.48. The van der Waals surface area contributed by atoms with Crippen LogP contribution in [0.15, 0.2) is 36.4 Å². The van der Waals surface area contributed by atoms with Gasteiger partial charge in [0.15, 0.2) is 5.11 Å². The summed E-state index contributed by atoms with van der Waals surface area (Å²) in [6.07, 6.45) is 1.44. The van der Waals surface area contributed by atoms with E-state index >= 15 is 0 Å². The van der Waals surface area contributed by atoms with Crippen molar-refractivity contribution in [3.05, 3.63) is 52.0 Å². The van der Waals surface area contributed by atoms with E-state index in [0.717, 1.165) is 25.2 Å². The lowest BCUT2D eigenvalue weighted by molar-refractivity contribution is -0.131. The molecular weight excluding hydrogens is 483 g/mol. The summed E-state index contributed by atoms with van der Waals surface area (Å²) < 4.78 is 5.21. The minimum atomic E-state index is -0.440. The molecule has 1 fully saturated rings. The maximum atomic E-state index is 12.6. The van der Waals surface area contributed by atoms with Crippen molar-refractivity contribution in [3.8, 4) is 5.75 Å². The Morgan fingerprint density at radius 1 is 1.09 bits per heavy atom. The van der Waals surface area contributed by atoms with E-state index in [-0.39, 0.29) is 16.6 Å². The van der Waals surface area contributed by atoms with E-state index in [1.165, 1.54) is 13.2 Å². The third-order valence-corrected chi connectivity index (χ3v) is 6.02. The van der Waals surface area contributed by atoms with Gasteiger partial charge in [-0.25, -0.2) is 0 Å². The van der Waals surface area contributed by atoms with Crippen molar-refractivity contribution in [2.75, 3.05) is 43.5 Å². The number of nitrogens with zero attached hydrogens (tertiary/aromatic N) is 2. The Morgan fingerprint density at radius 3 is 2.45 bits per heavy atom. The van der Waals surface area contributed by atoms with Gasteiger partial charge in [-0.3, -0.25) is 14.9 Å². The molecule has 1 heterocycles. The minimum absolute atomic E-state index is 0.119. The zero-order chi connectivity index (χ0) is 24.0. The van der Waals surface area contributed by atoms with Crippen LogP contribution in [0, 0.1) is 0 Å². The van der Waals surface area contributed by atoms with Gasteiger partial charge in [-0.15, -0.1) is 0 Å². The van der Waals surface area contributed by atoms with E-state index in [2.05, 4.69) is 15.5 Å². The number of thiocarbonyl (C=S) groups is 1. The first kappa shape index (κ1) is 25.1. The molecule has 0 saturated carbocycles. The Balaban J connectivity index is 1.59. The number of anilines is 2. The monoisotopic (exact) mass is 508 g/mol. The van der Waals surface area contributed by atoms with Crippen molar-refractivity contribution >= 4 is 63.7 Å². The van der Waals surface area contributed by atoms with Crippen LogP contribution in [0.2, 0.25) is 10.0 Å². The fourth-order valence-corrected chi connectivity index (χ4v) is 4.28. The molecule has 0 aromatic heterocycles. The van der Waals surface area contributed by atoms with Crippen LogP contribution in [0.3, 0.4) is 0 Å². The first-order valence-electron chi connectivity index (χ1n) is 10.6. The third kappa shape index (κ3) is 6.50. The molecule has 0 atom stereocenters. The second kappa shape index (κ2) is 11.5. The molecule has 0 aliphatic carbocycles. The summed E-state index contributed by atoms with van der Waals surface area (Å²) in [5.74, 6) is 0.155. The number of carbonyl (C=O) groups excluding carboxylic acids is 2. The normalized spacial score (nSPS) is 13.5. The van der Waals surface area contributed by atoms with Crippen molar-refractivity contribution in [2.24, 2.45) is 0 Å². The van der Waals surface area contributed by atoms with Gasteiger partial charge in [0.1, 0.15) is 5.75 Å². The van der Waals surface area contributed by atoms with Crippen LogP contribution < -0.4 is 20.3 Å². The lowest BCUT2D eigenvalue weighted by Gasteiger charge is -2.36. The zero-order valence-electron chi connectivity index (χ0n) is 18.5. The molecule has 2 amide bonds. The topological polar surface area (TPSA) is 73.9 Å².